The fourth-order valence-electron chi connectivity index (χ4n) is 3.06. The molecule has 0 spiro atoms. The number of rotatable bonds is 7. The quantitative estimate of drug-likeness (QED) is 0.736. The van der Waals surface area contributed by atoms with E-state index in [4.69, 9.17) is 4.74 Å². The Balaban J connectivity index is 1.42. The molecule has 5 heteroatoms. The molecule has 2 aromatic rings. The molecule has 0 radical (unpaired) electrons. The van der Waals surface area contributed by atoms with Crippen molar-refractivity contribution in [1.82, 2.24) is 14.7 Å². The van der Waals surface area contributed by atoms with Crippen molar-refractivity contribution in [3.05, 3.63) is 54.4 Å². The van der Waals surface area contributed by atoms with Gasteiger partial charge in [0, 0.05) is 18.9 Å². The summed E-state index contributed by atoms with van der Waals surface area (Å²) in [7, 11) is 0. The van der Waals surface area contributed by atoms with Crippen LogP contribution in [0.25, 0.3) is 0 Å². The zero-order valence-electron chi connectivity index (χ0n) is 13.3. The fraction of sp³-hybridized carbons (Fsp3) is 0.444. The first kappa shape index (κ1) is 15.7. The number of aromatic nitrogens is 2. The average Bonchev–Trinajstić information content (AvgIpc) is 3.25. The minimum Gasteiger partial charge on any atom is -0.371 e. The lowest BCUT2D eigenvalue weighted by molar-refractivity contribution is -0.137. The van der Waals surface area contributed by atoms with Gasteiger partial charge in [0.05, 0.1) is 19.2 Å². The van der Waals surface area contributed by atoms with Crippen molar-refractivity contribution in [3.8, 4) is 0 Å². The molecule has 1 amide bonds. The Morgan fingerprint density at radius 2 is 2.13 bits per heavy atom. The number of carbonyl (C=O) groups is 1. The molecule has 0 N–H and O–H groups in total. The molecule has 2 heterocycles. The van der Waals surface area contributed by atoms with Gasteiger partial charge in [-0.05, 0) is 30.9 Å². The minimum absolute atomic E-state index is 0.0905. The van der Waals surface area contributed by atoms with E-state index in [2.05, 4.69) is 17.2 Å². The summed E-state index contributed by atoms with van der Waals surface area (Å²) in [5.41, 5.74) is 1.23. The van der Waals surface area contributed by atoms with Gasteiger partial charge < -0.3 is 9.64 Å². The Hall–Kier alpha value is -2.14. The van der Waals surface area contributed by atoms with Gasteiger partial charge in [0.15, 0.2) is 0 Å². The van der Waals surface area contributed by atoms with Crippen LogP contribution in [0.4, 0.5) is 0 Å². The number of likely N-dealkylation sites (tertiary alicyclic amines) is 1. The number of nitrogens with zero attached hydrogens (tertiary/aromatic N) is 3. The summed E-state index contributed by atoms with van der Waals surface area (Å²) in [5, 5.41) is 4.23. The number of amides is 1. The zero-order chi connectivity index (χ0) is 15.9. The summed E-state index contributed by atoms with van der Waals surface area (Å²) >= 11 is 0. The van der Waals surface area contributed by atoms with E-state index in [-0.39, 0.29) is 18.6 Å². The summed E-state index contributed by atoms with van der Waals surface area (Å²) in [6, 6.07) is 12.3. The molecule has 23 heavy (non-hydrogen) atoms. The SMILES string of the molecule is O=C(COCCc1ccccc1)N1CCCC1Cn1cccn1. The van der Waals surface area contributed by atoms with Crippen LogP contribution in [0.1, 0.15) is 18.4 Å². The first-order chi connectivity index (χ1) is 11.3. The monoisotopic (exact) mass is 313 g/mol. The first-order valence-electron chi connectivity index (χ1n) is 8.21. The van der Waals surface area contributed by atoms with E-state index in [1.165, 1.54) is 5.56 Å². The van der Waals surface area contributed by atoms with Crippen molar-refractivity contribution in [1.29, 1.82) is 0 Å². The largest absolute Gasteiger partial charge is 0.371 e. The van der Waals surface area contributed by atoms with Gasteiger partial charge in [0.2, 0.25) is 5.91 Å². The van der Waals surface area contributed by atoms with Crippen LogP contribution in [0, 0.1) is 0 Å². The van der Waals surface area contributed by atoms with Gasteiger partial charge in [-0.3, -0.25) is 9.48 Å². The summed E-state index contributed by atoms with van der Waals surface area (Å²) in [4.78, 5) is 14.3. The highest BCUT2D eigenvalue weighted by molar-refractivity contribution is 5.78. The van der Waals surface area contributed by atoms with Crippen LogP contribution < -0.4 is 0 Å². The number of ether oxygens (including phenoxy) is 1. The number of benzene rings is 1. The molecular formula is C18H23N3O2. The van der Waals surface area contributed by atoms with Gasteiger partial charge in [-0.15, -0.1) is 0 Å². The second kappa shape index (κ2) is 7.92. The van der Waals surface area contributed by atoms with Crippen LogP contribution in [0.2, 0.25) is 0 Å². The van der Waals surface area contributed by atoms with Crippen LogP contribution in [0.3, 0.4) is 0 Å². The number of hydrogen-bond donors (Lipinski definition) is 0. The van der Waals surface area contributed by atoms with Crippen LogP contribution >= 0.6 is 0 Å². The highest BCUT2D eigenvalue weighted by atomic mass is 16.5. The molecule has 1 saturated heterocycles. The molecule has 1 aromatic heterocycles. The summed E-state index contributed by atoms with van der Waals surface area (Å²) in [5.74, 6) is 0.0905. The minimum atomic E-state index is 0.0905. The van der Waals surface area contributed by atoms with E-state index in [0.29, 0.717) is 6.61 Å². The maximum absolute atomic E-state index is 12.4. The van der Waals surface area contributed by atoms with Crippen LogP contribution in [0.5, 0.6) is 0 Å². The van der Waals surface area contributed by atoms with Gasteiger partial charge in [-0.1, -0.05) is 30.3 Å². The lowest BCUT2D eigenvalue weighted by Crippen LogP contribution is -2.40. The molecule has 1 aliphatic rings. The van der Waals surface area contributed by atoms with Gasteiger partial charge in [0.1, 0.15) is 6.61 Å². The maximum Gasteiger partial charge on any atom is 0.248 e. The molecule has 5 nitrogen and oxygen atoms in total. The van der Waals surface area contributed by atoms with Crippen molar-refractivity contribution >= 4 is 5.91 Å². The van der Waals surface area contributed by atoms with Crippen LogP contribution in [-0.4, -0.2) is 46.4 Å². The van der Waals surface area contributed by atoms with E-state index >= 15 is 0 Å². The normalized spacial score (nSPS) is 17.6. The van der Waals surface area contributed by atoms with Gasteiger partial charge in [0.25, 0.3) is 0 Å². The smallest absolute Gasteiger partial charge is 0.248 e. The highest BCUT2D eigenvalue weighted by Gasteiger charge is 2.28. The van der Waals surface area contributed by atoms with E-state index in [9.17, 15) is 4.79 Å². The molecule has 1 aromatic carbocycles. The highest BCUT2D eigenvalue weighted by Crippen LogP contribution is 2.18. The average molecular weight is 313 g/mol. The molecule has 0 aliphatic carbocycles. The van der Waals surface area contributed by atoms with E-state index < -0.39 is 0 Å². The molecule has 1 aliphatic heterocycles. The molecule has 122 valence electrons. The summed E-state index contributed by atoms with van der Waals surface area (Å²) < 4.78 is 7.48. The second-order valence-corrected chi connectivity index (χ2v) is 5.90. The molecule has 0 saturated carbocycles. The van der Waals surface area contributed by atoms with Crippen molar-refractivity contribution in [2.75, 3.05) is 19.8 Å². The third-order valence-electron chi connectivity index (χ3n) is 4.26. The number of hydrogen-bond acceptors (Lipinski definition) is 3. The maximum atomic E-state index is 12.4. The van der Waals surface area contributed by atoms with Crippen LogP contribution in [0.15, 0.2) is 48.8 Å². The molecule has 1 fully saturated rings. The predicted octanol–water partition coefficient (Wildman–Crippen LogP) is 2.13. The lowest BCUT2D eigenvalue weighted by atomic mass is 10.2. The topological polar surface area (TPSA) is 47.4 Å². The Labute approximate surface area is 136 Å². The Kier molecular flexibility index (Phi) is 5.42. The molecule has 1 atom stereocenters. The van der Waals surface area contributed by atoms with Gasteiger partial charge in [-0.2, -0.15) is 5.10 Å². The van der Waals surface area contributed by atoms with Crippen molar-refractivity contribution in [2.24, 2.45) is 0 Å². The van der Waals surface area contributed by atoms with E-state index in [0.717, 1.165) is 32.4 Å². The second-order valence-electron chi connectivity index (χ2n) is 5.90. The standard InChI is InChI=1S/C18H23N3O2/c22-18(15-23-13-9-16-6-2-1-3-7-16)21-12-4-8-17(21)14-20-11-5-10-19-20/h1-3,5-7,10-11,17H,4,8-9,12-15H2. The number of carbonyl (C=O) groups excluding carboxylic acids is 1. The van der Waals surface area contributed by atoms with Crippen molar-refractivity contribution in [2.45, 2.75) is 31.8 Å². The third-order valence-corrected chi connectivity index (χ3v) is 4.26. The Bertz CT molecular complexity index is 598. The van der Waals surface area contributed by atoms with Crippen LogP contribution in [-0.2, 0) is 22.5 Å². The van der Waals surface area contributed by atoms with E-state index in [1.54, 1.807) is 6.20 Å². The van der Waals surface area contributed by atoms with Gasteiger partial charge >= 0.3 is 0 Å². The van der Waals surface area contributed by atoms with Crippen molar-refractivity contribution < 1.29 is 9.53 Å². The van der Waals surface area contributed by atoms with E-state index in [1.807, 2.05) is 40.0 Å². The zero-order valence-corrected chi connectivity index (χ0v) is 13.3. The molecular weight excluding hydrogens is 290 g/mol. The third kappa shape index (κ3) is 4.42. The lowest BCUT2D eigenvalue weighted by Gasteiger charge is -2.24. The predicted molar refractivity (Wildman–Crippen MR) is 87.9 cm³/mol. The molecule has 3 rings (SSSR count). The van der Waals surface area contributed by atoms with Crippen molar-refractivity contribution in [3.63, 3.8) is 0 Å². The summed E-state index contributed by atoms with van der Waals surface area (Å²) in [6.45, 7) is 2.34. The Morgan fingerprint density at radius 1 is 1.26 bits per heavy atom. The summed E-state index contributed by atoms with van der Waals surface area (Å²) in [6.07, 6.45) is 6.65. The van der Waals surface area contributed by atoms with Gasteiger partial charge in [-0.25, -0.2) is 0 Å². The fourth-order valence-corrected chi connectivity index (χ4v) is 3.06. The Morgan fingerprint density at radius 3 is 2.91 bits per heavy atom. The first-order valence-corrected chi connectivity index (χ1v) is 8.21. The molecule has 1 unspecified atom stereocenters. The molecule has 0 bridgehead atoms.